The number of likely N-dealkylation sites (tertiary alicyclic amines) is 2. The Hall–Kier alpha value is -0.610. The van der Waals surface area contributed by atoms with Crippen LogP contribution in [0.15, 0.2) is 0 Å². The number of aliphatic hydroxyl groups excluding tert-OH is 1. The summed E-state index contributed by atoms with van der Waals surface area (Å²) in [6.45, 7) is 5.80. The normalized spacial score (nSPS) is 27.8. The molecule has 1 amide bonds. The molecule has 4 heteroatoms. The van der Waals surface area contributed by atoms with Gasteiger partial charge in [0, 0.05) is 32.1 Å². The molecule has 1 N–H and O–H groups in total. The topological polar surface area (TPSA) is 43.8 Å². The van der Waals surface area contributed by atoms with Crippen LogP contribution in [-0.4, -0.2) is 59.1 Å². The van der Waals surface area contributed by atoms with Crippen LogP contribution in [0.1, 0.15) is 45.4 Å². The number of carbonyl (C=O) groups excluding carboxylic acids is 1. The second kappa shape index (κ2) is 6.53. The van der Waals surface area contributed by atoms with E-state index in [0.29, 0.717) is 11.9 Å². The van der Waals surface area contributed by atoms with Crippen LogP contribution in [0.2, 0.25) is 0 Å². The van der Waals surface area contributed by atoms with Crippen molar-refractivity contribution in [1.29, 1.82) is 0 Å². The van der Waals surface area contributed by atoms with Crippen LogP contribution >= 0.6 is 0 Å². The molecule has 0 saturated carbocycles. The zero-order chi connectivity index (χ0) is 13.0. The van der Waals surface area contributed by atoms with Crippen molar-refractivity contribution in [3.05, 3.63) is 0 Å². The van der Waals surface area contributed by atoms with Gasteiger partial charge in [0.25, 0.3) is 0 Å². The fourth-order valence-electron chi connectivity index (χ4n) is 3.19. The second-order valence-electron chi connectivity index (χ2n) is 5.56. The third-order valence-electron chi connectivity index (χ3n) is 4.36. The molecule has 2 aliphatic rings. The van der Waals surface area contributed by atoms with Crippen molar-refractivity contribution < 1.29 is 9.90 Å². The average Bonchev–Trinajstić information content (AvgIpc) is 2.81. The zero-order valence-corrected chi connectivity index (χ0v) is 11.5. The van der Waals surface area contributed by atoms with Gasteiger partial charge in [-0.2, -0.15) is 0 Å². The predicted octanol–water partition coefficient (Wildman–Crippen LogP) is 1.23. The molecule has 2 saturated heterocycles. The summed E-state index contributed by atoms with van der Waals surface area (Å²) >= 11 is 0. The highest BCUT2D eigenvalue weighted by molar-refractivity contribution is 5.78. The molecular weight excluding hydrogens is 228 g/mol. The molecule has 4 nitrogen and oxygen atoms in total. The van der Waals surface area contributed by atoms with Crippen molar-refractivity contribution >= 4 is 5.91 Å². The first kappa shape index (κ1) is 13.8. The van der Waals surface area contributed by atoms with Crippen LogP contribution < -0.4 is 0 Å². The molecule has 104 valence electrons. The Kier molecular flexibility index (Phi) is 5.01. The van der Waals surface area contributed by atoms with E-state index in [4.69, 9.17) is 0 Å². The van der Waals surface area contributed by atoms with E-state index >= 15 is 0 Å². The number of hydrogen-bond acceptors (Lipinski definition) is 3. The van der Waals surface area contributed by atoms with E-state index in [1.54, 1.807) is 0 Å². The Morgan fingerprint density at radius 3 is 2.78 bits per heavy atom. The van der Waals surface area contributed by atoms with Crippen molar-refractivity contribution in [2.24, 2.45) is 0 Å². The third-order valence-corrected chi connectivity index (χ3v) is 4.36. The summed E-state index contributed by atoms with van der Waals surface area (Å²) in [4.78, 5) is 15.9. The summed E-state index contributed by atoms with van der Waals surface area (Å²) in [6.07, 6.45) is 5.90. The molecule has 0 spiro atoms. The monoisotopic (exact) mass is 254 g/mol. The van der Waals surface area contributed by atoms with Gasteiger partial charge in [-0.15, -0.1) is 0 Å². The quantitative estimate of drug-likeness (QED) is 0.802. The Labute approximate surface area is 110 Å². The van der Waals surface area contributed by atoms with Crippen LogP contribution in [0.4, 0.5) is 0 Å². The fraction of sp³-hybridized carbons (Fsp3) is 0.929. The molecule has 2 heterocycles. The number of carbonyl (C=O) groups is 1. The van der Waals surface area contributed by atoms with Gasteiger partial charge >= 0.3 is 0 Å². The van der Waals surface area contributed by atoms with Gasteiger partial charge in [0.05, 0.1) is 6.10 Å². The molecule has 18 heavy (non-hydrogen) atoms. The molecule has 0 bridgehead atoms. The van der Waals surface area contributed by atoms with E-state index < -0.39 is 0 Å². The van der Waals surface area contributed by atoms with E-state index in [0.717, 1.165) is 51.9 Å². The SMILES string of the molecule is CCC(O)C1CCCCN1CCN1CCCC1=O. The number of piperidine rings is 1. The van der Waals surface area contributed by atoms with E-state index in [1.807, 2.05) is 11.8 Å². The molecule has 2 aliphatic heterocycles. The lowest BCUT2D eigenvalue weighted by Crippen LogP contribution is -2.49. The number of nitrogens with zero attached hydrogens (tertiary/aromatic N) is 2. The zero-order valence-electron chi connectivity index (χ0n) is 11.5. The molecule has 2 unspecified atom stereocenters. The van der Waals surface area contributed by atoms with Gasteiger partial charge in [-0.1, -0.05) is 13.3 Å². The molecule has 0 aromatic rings. The van der Waals surface area contributed by atoms with Gasteiger partial charge in [0.15, 0.2) is 0 Å². The van der Waals surface area contributed by atoms with E-state index in [1.165, 1.54) is 12.8 Å². The van der Waals surface area contributed by atoms with Crippen molar-refractivity contribution in [1.82, 2.24) is 9.80 Å². The molecule has 0 radical (unpaired) electrons. The average molecular weight is 254 g/mol. The minimum atomic E-state index is -0.209. The van der Waals surface area contributed by atoms with Gasteiger partial charge in [0.2, 0.25) is 5.91 Å². The highest BCUT2D eigenvalue weighted by Gasteiger charge is 2.28. The summed E-state index contributed by atoms with van der Waals surface area (Å²) < 4.78 is 0. The maximum atomic E-state index is 11.6. The molecule has 2 fully saturated rings. The summed E-state index contributed by atoms with van der Waals surface area (Å²) in [5.41, 5.74) is 0. The lowest BCUT2D eigenvalue weighted by Gasteiger charge is -2.39. The standard InChI is InChI=1S/C14H26N2O2/c1-2-13(17)12-6-3-4-8-15(12)10-11-16-9-5-7-14(16)18/h12-13,17H,2-11H2,1H3. The van der Waals surface area contributed by atoms with Gasteiger partial charge < -0.3 is 10.0 Å². The minimum Gasteiger partial charge on any atom is -0.392 e. The summed E-state index contributed by atoms with van der Waals surface area (Å²) in [7, 11) is 0. The fourth-order valence-corrected chi connectivity index (χ4v) is 3.19. The van der Waals surface area contributed by atoms with Crippen LogP contribution in [0.3, 0.4) is 0 Å². The smallest absolute Gasteiger partial charge is 0.222 e. The molecule has 2 atom stereocenters. The van der Waals surface area contributed by atoms with E-state index in [9.17, 15) is 9.90 Å². The number of aliphatic hydroxyl groups is 1. The van der Waals surface area contributed by atoms with Crippen LogP contribution in [0.25, 0.3) is 0 Å². The van der Waals surface area contributed by atoms with Crippen LogP contribution in [-0.2, 0) is 4.79 Å². The maximum Gasteiger partial charge on any atom is 0.222 e. The Morgan fingerprint density at radius 2 is 2.11 bits per heavy atom. The van der Waals surface area contributed by atoms with Crippen molar-refractivity contribution in [3.8, 4) is 0 Å². The number of amides is 1. The lowest BCUT2D eigenvalue weighted by atomic mass is 9.96. The largest absolute Gasteiger partial charge is 0.392 e. The van der Waals surface area contributed by atoms with Crippen molar-refractivity contribution in [2.75, 3.05) is 26.2 Å². The third kappa shape index (κ3) is 3.23. The van der Waals surface area contributed by atoms with Crippen LogP contribution in [0.5, 0.6) is 0 Å². The first-order valence-electron chi connectivity index (χ1n) is 7.42. The molecule has 2 rings (SSSR count). The Bertz CT molecular complexity index is 283. The molecule has 0 aromatic heterocycles. The highest BCUT2D eigenvalue weighted by Crippen LogP contribution is 2.21. The first-order valence-corrected chi connectivity index (χ1v) is 7.42. The van der Waals surface area contributed by atoms with Gasteiger partial charge in [-0.3, -0.25) is 9.69 Å². The molecular formula is C14H26N2O2. The van der Waals surface area contributed by atoms with Gasteiger partial charge in [-0.05, 0) is 32.2 Å². The Balaban J connectivity index is 1.83. The van der Waals surface area contributed by atoms with E-state index in [2.05, 4.69) is 4.90 Å². The maximum absolute atomic E-state index is 11.6. The van der Waals surface area contributed by atoms with Crippen LogP contribution in [0, 0.1) is 0 Å². The molecule has 0 aliphatic carbocycles. The number of rotatable bonds is 5. The molecule has 0 aromatic carbocycles. The highest BCUT2D eigenvalue weighted by atomic mass is 16.3. The second-order valence-corrected chi connectivity index (χ2v) is 5.56. The van der Waals surface area contributed by atoms with Crippen molar-refractivity contribution in [2.45, 2.75) is 57.6 Å². The van der Waals surface area contributed by atoms with Crippen molar-refractivity contribution in [3.63, 3.8) is 0 Å². The van der Waals surface area contributed by atoms with Gasteiger partial charge in [-0.25, -0.2) is 0 Å². The first-order chi connectivity index (χ1) is 8.72. The minimum absolute atomic E-state index is 0.209. The summed E-state index contributed by atoms with van der Waals surface area (Å²) in [5, 5.41) is 10.1. The van der Waals surface area contributed by atoms with E-state index in [-0.39, 0.29) is 6.10 Å². The summed E-state index contributed by atoms with van der Waals surface area (Å²) in [6, 6.07) is 0.307. The van der Waals surface area contributed by atoms with Gasteiger partial charge in [0.1, 0.15) is 0 Å². The number of hydrogen-bond donors (Lipinski definition) is 1. The lowest BCUT2D eigenvalue weighted by molar-refractivity contribution is -0.128. The Morgan fingerprint density at radius 1 is 1.28 bits per heavy atom. The predicted molar refractivity (Wildman–Crippen MR) is 71.3 cm³/mol. The summed E-state index contributed by atoms with van der Waals surface area (Å²) in [5.74, 6) is 0.305.